The highest BCUT2D eigenvalue weighted by molar-refractivity contribution is 5.71. The number of H-pyrrole nitrogens is 1. The number of nitrogens with zero attached hydrogens (tertiary/aromatic N) is 2. The van der Waals surface area contributed by atoms with Gasteiger partial charge in [-0.3, -0.25) is 0 Å². The van der Waals surface area contributed by atoms with Crippen molar-refractivity contribution in [3.8, 4) is 5.88 Å². The lowest BCUT2D eigenvalue weighted by molar-refractivity contribution is 0.399. The first-order valence-corrected chi connectivity index (χ1v) is 5.91. The van der Waals surface area contributed by atoms with Crippen LogP contribution in [0.25, 0.3) is 11.2 Å². The largest absolute Gasteiger partial charge is 0.481 e. The number of aromatic amines is 1. The molecule has 0 aromatic carbocycles. The maximum Gasteiger partial charge on any atom is 0.215 e. The van der Waals surface area contributed by atoms with Gasteiger partial charge >= 0.3 is 0 Å². The molecule has 2 aromatic rings. The van der Waals surface area contributed by atoms with Gasteiger partial charge in [0.1, 0.15) is 5.82 Å². The van der Waals surface area contributed by atoms with E-state index in [1.807, 2.05) is 12.1 Å². The molecule has 1 atom stereocenters. The molecule has 0 radical (unpaired) electrons. The van der Waals surface area contributed by atoms with Crippen molar-refractivity contribution in [1.29, 1.82) is 0 Å². The summed E-state index contributed by atoms with van der Waals surface area (Å²) >= 11 is 0. The van der Waals surface area contributed by atoms with E-state index in [1.54, 1.807) is 7.11 Å². The molecule has 2 aromatic heterocycles. The fourth-order valence-electron chi connectivity index (χ4n) is 2.05. The Bertz CT molecular complexity index is 532. The smallest absolute Gasteiger partial charge is 0.215 e. The Hall–Kier alpha value is -1.62. The maximum atomic E-state index is 6.08. The van der Waals surface area contributed by atoms with Crippen LogP contribution in [0.2, 0.25) is 0 Å². The molecule has 0 bridgehead atoms. The van der Waals surface area contributed by atoms with Crippen molar-refractivity contribution in [2.24, 2.45) is 11.7 Å². The molecule has 0 spiro atoms. The molecule has 1 aliphatic rings. The number of fused-ring (bicyclic) bond motifs is 1. The van der Waals surface area contributed by atoms with Gasteiger partial charge < -0.3 is 15.5 Å². The normalized spacial score (nSPS) is 17.3. The molecule has 3 rings (SSSR count). The molecule has 0 saturated heterocycles. The standard InChI is InChI=1S/C12H16N4O/c1-17-11-5-4-9-12(16-11)15-10(14-9)6-8(13)7-2-3-7/h4-5,7-8H,2-3,6,13H2,1H3,(H,14,15,16). The van der Waals surface area contributed by atoms with Crippen LogP contribution in [0.15, 0.2) is 12.1 Å². The van der Waals surface area contributed by atoms with Crippen LogP contribution in [0, 0.1) is 5.92 Å². The van der Waals surface area contributed by atoms with Gasteiger partial charge in [0.15, 0.2) is 5.65 Å². The zero-order valence-corrected chi connectivity index (χ0v) is 9.81. The third-order valence-corrected chi connectivity index (χ3v) is 3.24. The van der Waals surface area contributed by atoms with Crippen molar-refractivity contribution in [2.45, 2.75) is 25.3 Å². The summed E-state index contributed by atoms with van der Waals surface area (Å²) in [6.07, 6.45) is 3.31. The van der Waals surface area contributed by atoms with E-state index in [-0.39, 0.29) is 6.04 Å². The lowest BCUT2D eigenvalue weighted by Crippen LogP contribution is -2.25. The van der Waals surface area contributed by atoms with E-state index in [0.717, 1.165) is 17.8 Å². The molecule has 90 valence electrons. The highest BCUT2D eigenvalue weighted by atomic mass is 16.5. The van der Waals surface area contributed by atoms with Crippen molar-refractivity contribution in [1.82, 2.24) is 15.0 Å². The Morgan fingerprint density at radius 3 is 3.00 bits per heavy atom. The highest BCUT2D eigenvalue weighted by Gasteiger charge is 2.29. The Morgan fingerprint density at radius 2 is 2.29 bits per heavy atom. The Morgan fingerprint density at radius 1 is 1.47 bits per heavy atom. The summed E-state index contributed by atoms with van der Waals surface area (Å²) in [5, 5.41) is 0. The number of aromatic nitrogens is 3. The molecule has 17 heavy (non-hydrogen) atoms. The fourth-order valence-corrected chi connectivity index (χ4v) is 2.05. The van der Waals surface area contributed by atoms with Gasteiger partial charge in [-0.2, -0.15) is 4.98 Å². The fraction of sp³-hybridized carbons (Fsp3) is 0.500. The molecule has 1 fully saturated rings. The Kier molecular flexibility index (Phi) is 2.48. The summed E-state index contributed by atoms with van der Waals surface area (Å²) in [5.74, 6) is 2.19. The van der Waals surface area contributed by atoms with E-state index in [1.165, 1.54) is 12.8 Å². The van der Waals surface area contributed by atoms with Crippen molar-refractivity contribution in [3.05, 3.63) is 18.0 Å². The van der Waals surface area contributed by atoms with Gasteiger partial charge in [0.05, 0.1) is 12.6 Å². The predicted octanol–water partition coefficient (Wildman–Crippen LogP) is 1.25. The van der Waals surface area contributed by atoms with Crippen LogP contribution in [-0.4, -0.2) is 28.1 Å². The summed E-state index contributed by atoms with van der Waals surface area (Å²) in [6.45, 7) is 0. The molecule has 0 amide bonds. The van der Waals surface area contributed by atoms with E-state index in [0.29, 0.717) is 17.4 Å². The van der Waals surface area contributed by atoms with Crippen LogP contribution in [0.4, 0.5) is 0 Å². The second-order valence-corrected chi connectivity index (χ2v) is 4.61. The molecular formula is C12H16N4O. The van der Waals surface area contributed by atoms with Crippen molar-refractivity contribution >= 4 is 11.2 Å². The second-order valence-electron chi connectivity index (χ2n) is 4.61. The van der Waals surface area contributed by atoms with Gasteiger partial charge in [-0.05, 0) is 24.8 Å². The average Bonchev–Trinajstić information content (AvgIpc) is 3.10. The van der Waals surface area contributed by atoms with Crippen LogP contribution in [0.5, 0.6) is 5.88 Å². The molecule has 5 nitrogen and oxygen atoms in total. The van der Waals surface area contributed by atoms with Gasteiger partial charge in [0.2, 0.25) is 5.88 Å². The molecule has 1 saturated carbocycles. The Labute approximate surface area is 99.4 Å². The Balaban J connectivity index is 1.85. The van der Waals surface area contributed by atoms with Gasteiger partial charge in [-0.1, -0.05) is 0 Å². The highest BCUT2D eigenvalue weighted by Crippen LogP contribution is 2.32. The number of hydrogen-bond donors (Lipinski definition) is 2. The van der Waals surface area contributed by atoms with E-state index >= 15 is 0 Å². The molecule has 1 aliphatic carbocycles. The van der Waals surface area contributed by atoms with E-state index in [2.05, 4.69) is 15.0 Å². The minimum absolute atomic E-state index is 0.220. The van der Waals surface area contributed by atoms with Crippen LogP contribution < -0.4 is 10.5 Å². The molecule has 5 heteroatoms. The van der Waals surface area contributed by atoms with E-state index in [4.69, 9.17) is 10.5 Å². The summed E-state index contributed by atoms with van der Waals surface area (Å²) in [7, 11) is 1.60. The van der Waals surface area contributed by atoms with Gasteiger partial charge in [-0.25, -0.2) is 4.98 Å². The van der Waals surface area contributed by atoms with Gasteiger partial charge in [-0.15, -0.1) is 0 Å². The first-order chi connectivity index (χ1) is 8.26. The first kappa shape index (κ1) is 10.5. The number of hydrogen-bond acceptors (Lipinski definition) is 4. The van der Waals surface area contributed by atoms with Crippen LogP contribution in [0.3, 0.4) is 0 Å². The molecule has 1 unspecified atom stereocenters. The molecular weight excluding hydrogens is 216 g/mol. The van der Waals surface area contributed by atoms with E-state index < -0.39 is 0 Å². The monoisotopic (exact) mass is 232 g/mol. The van der Waals surface area contributed by atoms with E-state index in [9.17, 15) is 0 Å². The number of nitrogens with two attached hydrogens (primary N) is 1. The minimum atomic E-state index is 0.220. The summed E-state index contributed by atoms with van der Waals surface area (Å²) < 4.78 is 5.07. The first-order valence-electron chi connectivity index (χ1n) is 5.91. The number of rotatable bonds is 4. The maximum absolute atomic E-state index is 6.08. The summed E-state index contributed by atoms with van der Waals surface area (Å²) in [6, 6.07) is 3.98. The topological polar surface area (TPSA) is 76.8 Å². The number of imidazole rings is 1. The summed E-state index contributed by atoms with van der Waals surface area (Å²) in [5.41, 5.74) is 7.71. The number of methoxy groups -OCH3 is 1. The minimum Gasteiger partial charge on any atom is -0.481 e. The third kappa shape index (κ3) is 2.10. The lowest BCUT2D eigenvalue weighted by Gasteiger charge is -2.06. The molecule has 0 aliphatic heterocycles. The van der Waals surface area contributed by atoms with Gasteiger partial charge in [0, 0.05) is 18.5 Å². The average molecular weight is 232 g/mol. The van der Waals surface area contributed by atoms with Crippen molar-refractivity contribution < 1.29 is 4.74 Å². The van der Waals surface area contributed by atoms with Crippen LogP contribution >= 0.6 is 0 Å². The second kappa shape index (κ2) is 4.00. The lowest BCUT2D eigenvalue weighted by atomic mass is 10.1. The number of ether oxygens (including phenoxy) is 1. The zero-order valence-electron chi connectivity index (χ0n) is 9.81. The van der Waals surface area contributed by atoms with Crippen LogP contribution in [-0.2, 0) is 6.42 Å². The SMILES string of the molecule is COc1ccc2[nH]c(CC(N)C3CC3)nc2n1. The third-order valence-electron chi connectivity index (χ3n) is 3.24. The molecule has 3 N–H and O–H groups in total. The van der Waals surface area contributed by atoms with Crippen molar-refractivity contribution in [3.63, 3.8) is 0 Å². The quantitative estimate of drug-likeness (QED) is 0.831. The number of pyridine rings is 1. The van der Waals surface area contributed by atoms with Crippen LogP contribution in [0.1, 0.15) is 18.7 Å². The summed E-state index contributed by atoms with van der Waals surface area (Å²) in [4.78, 5) is 12.0. The van der Waals surface area contributed by atoms with Crippen molar-refractivity contribution in [2.75, 3.05) is 7.11 Å². The number of nitrogens with one attached hydrogen (secondary N) is 1. The molecule has 2 heterocycles. The van der Waals surface area contributed by atoms with Gasteiger partial charge in [0.25, 0.3) is 0 Å². The zero-order chi connectivity index (χ0) is 11.8. The predicted molar refractivity (Wildman–Crippen MR) is 64.8 cm³/mol.